The van der Waals surface area contributed by atoms with Gasteiger partial charge in [0.25, 0.3) is 5.91 Å². The number of hydrogen-bond acceptors (Lipinski definition) is 2. The number of aryl methyl sites for hydroxylation is 1. The van der Waals surface area contributed by atoms with Gasteiger partial charge in [0, 0.05) is 18.3 Å². The van der Waals surface area contributed by atoms with E-state index in [0.717, 1.165) is 29.8 Å². The minimum atomic E-state index is 0.0633. The van der Waals surface area contributed by atoms with E-state index >= 15 is 0 Å². The van der Waals surface area contributed by atoms with E-state index < -0.39 is 0 Å². The topological polar surface area (TPSA) is 41.1 Å². The van der Waals surface area contributed by atoms with Gasteiger partial charge < -0.3 is 10.6 Å². The second-order valence-electron chi connectivity index (χ2n) is 6.27. The predicted octanol–water partition coefficient (Wildman–Crippen LogP) is 4.13. The maximum Gasteiger partial charge on any atom is 0.253 e. The van der Waals surface area contributed by atoms with E-state index in [1.807, 2.05) is 25.1 Å². The summed E-state index contributed by atoms with van der Waals surface area (Å²) in [6.45, 7) is 7.16. The van der Waals surface area contributed by atoms with Gasteiger partial charge in [-0.25, -0.2) is 0 Å². The van der Waals surface area contributed by atoms with Gasteiger partial charge in [0.05, 0.1) is 5.56 Å². The van der Waals surface area contributed by atoms with E-state index in [4.69, 9.17) is 0 Å². The lowest BCUT2D eigenvalue weighted by atomic mass is 9.96. The number of hydrogen-bond donors (Lipinski definition) is 2. The first-order chi connectivity index (χ1) is 10.1. The number of carbonyl (C=O) groups excluding carboxylic acids is 1. The minimum absolute atomic E-state index is 0.0633. The summed E-state index contributed by atoms with van der Waals surface area (Å²) in [6.07, 6.45) is 6.14. The largest absolute Gasteiger partial charge is 0.385 e. The zero-order valence-corrected chi connectivity index (χ0v) is 13.5. The molecular formula is C18H28N2O. The standard InChI is InChI=1S/C18H28N2O/c1-4-19-17-11-10-13(2)12-15(17)18(21)20-16-9-7-5-6-8-14(16)3/h10-12,14,16,19H,4-9H2,1-3H3,(H,20,21). The van der Waals surface area contributed by atoms with Gasteiger partial charge >= 0.3 is 0 Å². The number of rotatable bonds is 4. The van der Waals surface area contributed by atoms with Crippen LogP contribution in [0.4, 0.5) is 5.69 Å². The molecule has 1 amide bonds. The van der Waals surface area contributed by atoms with Crippen LogP contribution in [0.15, 0.2) is 18.2 Å². The van der Waals surface area contributed by atoms with Crippen molar-refractivity contribution in [3.63, 3.8) is 0 Å². The molecule has 1 aliphatic carbocycles. The Kier molecular flexibility index (Phi) is 5.66. The Morgan fingerprint density at radius 3 is 2.76 bits per heavy atom. The van der Waals surface area contributed by atoms with Crippen LogP contribution in [0.5, 0.6) is 0 Å². The number of carbonyl (C=O) groups is 1. The molecular weight excluding hydrogens is 260 g/mol. The van der Waals surface area contributed by atoms with Gasteiger partial charge in [0.2, 0.25) is 0 Å². The first-order valence-electron chi connectivity index (χ1n) is 8.27. The fourth-order valence-electron chi connectivity index (χ4n) is 3.14. The summed E-state index contributed by atoms with van der Waals surface area (Å²) >= 11 is 0. The van der Waals surface area contributed by atoms with Gasteiger partial charge in [-0.1, -0.05) is 37.8 Å². The van der Waals surface area contributed by atoms with E-state index in [1.54, 1.807) is 0 Å². The molecule has 0 aromatic heterocycles. The third-order valence-electron chi connectivity index (χ3n) is 4.46. The minimum Gasteiger partial charge on any atom is -0.385 e. The molecule has 3 heteroatoms. The van der Waals surface area contributed by atoms with E-state index in [0.29, 0.717) is 12.0 Å². The van der Waals surface area contributed by atoms with Gasteiger partial charge in [-0.2, -0.15) is 0 Å². The van der Waals surface area contributed by atoms with E-state index in [-0.39, 0.29) is 5.91 Å². The van der Waals surface area contributed by atoms with Gasteiger partial charge in [0.1, 0.15) is 0 Å². The molecule has 2 atom stereocenters. The molecule has 2 rings (SSSR count). The lowest BCUT2D eigenvalue weighted by molar-refractivity contribution is 0.0922. The van der Waals surface area contributed by atoms with Crippen molar-refractivity contribution in [3.05, 3.63) is 29.3 Å². The Hall–Kier alpha value is -1.51. The molecule has 0 heterocycles. The first-order valence-corrected chi connectivity index (χ1v) is 8.27. The fraction of sp³-hybridized carbons (Fsp3) is 0.611. The molecule has 0 saturated heterocycles. The molecule has 3 nitrogen and oxygen atoms in total. The molecule has 2 unspecified atom stereocenters. The average Bonchev–Trinajstić information content (AvgIpc) is 2.66. The van der Waals surface area contributed by atoms with Crippen molar-refractivity contribution in [1.82, 2.24) is 5.32 Å². The molecule has 1 saturated carbocycles. The van der Waals surface area contributed by atoms with Crippen molar-refractivity contribution in [2.45, 2.75) is 58.9 Å². The maximum absolute atomic E-state index is 12.7. The summed E-state index contributed by atoms with van der Waals surface area (Å²) in [5, 5.41) is 6.56. The van der Waals surface area contributed by atoms with Gasteiger partial charge in [-0.3, -0.25) is 4.79 Å². The van der Waals surface area contributed by atoms with E-state index in [9.17, 15) is 4.79 Å². The summed E-state index contributed by atoms with van der Waals surface area (Å²) < 4.78 is 0. The zero-order chi connectivity index (χ0) is 15.2. The van der Waals surface area contributed by atoms with Gasteiger partial charge in [0.15, 0.2) is 0 Å². The van der Waals surface area contributed by atoms with Crippen molar-refractivity contribution in [3.8, 4) is 0 Å². The van der Waals surface area contributed by atoms with Crippen LogP contribution in [0.2, 0.25) is 0 Å². The lowest BCUT2D eigenvalue weighted by Gasteiger charge is -2.23. The molecule has 21 heavy (non-hydrogen) atoms. The van der Waals surface area contributed by atoms with Crippen LogP contribution in [0, 0.1) is 12.8 Å². The summed E-state index contributed by atoms with van der Waals surface area (Å²) in [7, 11) is 0. The monoisotopic (exact) mass is 288 g/mol. The van der Waals surface area contributed by atoms with E-state index in [1.165, 1.54) is 25.7 Å². The van der Waals surface area contributed by atoms with Gasteiger partial charge in [-0.05, 0) is 44.7 Å². The number of nitrogens with one attached hydrogen (secondary N) is 2. The summed E-state index contributed by atoms with van der Waals surface area (Å²) in [4.78, 5) is 12.7. The third-order valence-corrected chi connectivity index (χ3v) is 4.46. The number of amides is 1. The van der Waals surface area contributed by atoms with Crippen LogP contribution in [0.1, 0.15) is 61.9 Å². The highest BCUT2D eigenvalue weighted by Crippen LogP contribution is 2.24. The smallest absolute Gasteiger partial charge is 0.253 e. The first kappa shape index (κ1) is 15.9. The third kappa shape index (κ3) is 4.23. The molecule has 1 aromatic carbocycles. The van der Waals surface area contributed by atoms with Crippen LogP contribution < -0.4 is 10.6 Å². The highest BCUT2D eigenvalue weighted by Gasteiger charge is 2.23. The molecule has 2 N–H and O–H groups in total. The predicted molar refractivity (Wildman–Crippen MR) is 88.8 cm³/mol. The SMILES string of the molecule is CCNc1ccc(C)cc1C(=O)NC1CCCCCC1C. The Balaban J connectivity index is 2.13. The fourth-order valence-corrected chi connectivity index (χ4v) is 3.14. The molecule has 1 fully saturated rings. The van der Waals surface area contributed by atoms with Crippen LogP contribution in [-0.2, 0) is 0 Å². The Morgan fingerprint density at radius 2 is 2.00 bits per heavy atom. The highest BCUT2D eigenvalue weighted by atomic mass is 16.1. The molecule has 0 aliphatic heterocycles. The second-order valence-corrected chi connectivity index (χ2v) is 6.27. The van der Waals surface area contributed by atoms with Gasteiger partial charge in [-0.15, -0.1) is 0 Å². The lowest BCUT2D eigenvalue weighted by Crippen LogP contribution is -2.39. The molecule has 0 bridgehead atoms. The summed E-state index contributed by atoms with van der Waals surface area (Å²) in [6, 6.07) is 6.34. The maximum atomic E-state index is 12.7. The van der Waals surface area contributed by atoms with Crippen molar-refractivity contribution in [2.75, 3.05) is 11.9 Å². The normalized spacial score (nSPS) is 22.4. The van der Waals surface area contributed by atoms with Crippen molar-refractivity contribution in [2.24, 2.45) is 5.92 Å². The number of anilines is 1. The van der Waals surface area contributed by atoms with Crippen LogP contribution in [-0.4, -0.2) is 18.5 Å². The second kappa shape index (κ2) is 7.48. The van der Waals surface area contributed by atoms with Crippen molar-refractivity contribution < 1.29 is 4.79 Å². The average molecular weight is 288 g/mol. The van der Waals surface area contributed by atoms with Crippen molar-refractivity contribution >= 4 is 11.6 Å². The quantitative estimate of drug-likeness (QED) is 0.818. The van der Waals surface area contributed by atoms with Crippen LogP contribution >= 0.6 is 0 Å². The number of benzene rings is 1. The Morgan fingerprint density at radius 1 is 1.24 bits per heavy atom. The molecule has 116 valence electrons. The molecule has 0 spiro atoms. The zero-order valence-electron chi connectivity index (χ0n) is 13.5. The summed E-state index contributed by atoms with van der Waals surface area (Å²) in [5.41, 5.74) is 2.82. The van der Waals surface area contributed by atoms with Crippen LogP contribution in [0.3, 0.4) is 0 Å². The summed E-state index contributed by atoms with van der Waals surface area (Å²) in [5.74, 6) is 0.636. The molecule has 1 aromatic rings. The van der Waals surface area contributed by atoms with Crippen LogP contribution in [0.25, 0.3) is 0 Å². The molecule has 0 radical (unpaired) electrons. The van der Waals surface area contributed by atoms with E-state index in [2.05, 4.69) is 24.5 Å². The molecule has 1 aliphatic rings. The Bertz CT molecular complexity index is 484. The Labute approximate surface area is 128 Å². The van der Waals surface area contributed by atoms with Crippen molar-refractivity contribution in [1.29, 1.82) is 0 Å². The highest BCUT2D eigenvalue weighted by molar-refractivity contribution is 6.00.